The molecule has 142 valence electrons. The summed E-state index contributed by atoms with van der Waals surface area (Å²) in [5.74, 6) is -1.14. The summed E-state index contributed by atoms with van der Waals surface area (Å²) < 4.78 is 5.48. The van der Waals surface area contributed by atoms with E-state index in [1.807, 2.05) is 19.0 Å². The van der Waals surface area contributed by atoms with Crippen LogP contribution >= 0.6 is 11.6 Å². The maximum absolute atomic E-state index is 12.7. The van der Waals surface area contributed by atoms with Gasteiger partial charge in [-0.15, -0.1) is 0 Å². The molecule has 0 unspecified atom stereocenters. The highest BCUT2D eigenvalue weighted by atomic mass is 35.5. The van der Waals surface area contributed by atoms with E-state index in [4.69, 9.17) is 16.0 Å². The summed E-state index contributed by atoms with van der Waals surface area (Å²) in [5, 5.41) is 11.3. The normalized spacial score (nSPS) is 19.3. The molecule has 1 saturated heterocycles. The Kier molecular flexibility index (Phi) is 5.68. The van der Waals surface area contributed by atoms with Gasteiger partial charge >= 0.3 is 0 Å². The van der Waals surface area contributed by atoms with Crippen molar-refractivity contribution in [2.45, 2.75) is 12.5 Å². The van der Waals surface area contributed by atoms with E-state index in [0.29, 0.717) is 29.3 Å². The van der Waals surface area contributed by atoms with Crippen molar-refractivity contribution in [1.82, 2.24) is 9.80 Å². The average molecular weight is 389 g/mol. The number of nitrogens with zero attached hydrogens (tertiary/aromatic N) is 2. The third-order valence-electron chi connectivity index (χ3n) is 4.47. The maximum atomic E-state index is 12.7. The number of ketones is 1. The Bertz CT molecular complexity index is 857. The van der Waals surface area contributed by atoms with E-state index in [1.165, 1.54) is 11.2 Å². The predicted octanol–water partition coefficient (Wildman–Crippen LogP) is 3.31. The van der Waals surface area contributed by atoms with E-state index in [1.54, 1.807) is 36.4 Å². The zero-order valence-corrected chi connectivity index (χ0v) is 15.9. The van der Waals surface area contributed by atoms with Crippen molar-refractivity contribution in [2.24, 2.45) is 0 Å². The van der Waals surface area contributed by atoms with E-state index in [0.717, 1.165) is 6.54 Å². The van der Waals surface area contributed by atoms with Crippen LogP contribution in [0.4, 0.5) is 0 Å². The van der Waals surface area contributed by atoms with Crippen LogP contribution in [-0.2, 0) is 9.59 Å². The summed E-state index contributed by atoms with van der Waals surface area (Å²) in [4.78, 5) is 28.8. The molecule has 1 N–H and O–H groups in total. The molecule has 1 aromatic heterocycles. The van der Waals surface area contributed by atoms with Gasteiger partial charge in [-0.25, -0.2) is 0 Å². The zero-order valence-electron chi connectivity index (χ0n) is 15.2. The molecule has 0 bridgehead atoms. The van der Waals surface area contributed by atoms with E-state index in [-0.39, 0.29) is 11.3 Å². The van der Waals surface area contributed by atoms with Crippen molar-refractivity contribution in [3.05, 3.63) is 64.6 Å². The lowest BCUT2D eigenvalue weighted by atomic mass is 9.99. The van der Waals surface area contributed by atoms with E-state index in [2.05, 4.69) is 0 Å². The van der Waals surface area contributed by atoms with Gasteiger partial charge in [0.1, 0.15) is 17.6 Å². The second-order valence-electron chi connectivity index (χ2n) is 6.67. The van der Waals surface area contributed by atoms with Gasteiger partial charge in [-0.3, -0.25) is 9.59 Å². The van der Waals surface area contributed by atoms with Gasteiger partial charge in [0, 0.05) is 17.1 Å². The fourth-order valence-corrected chi connectivity index (χ4v) is 3.30. The van der Waals surface area contributed by atoms with Crippen LogP contribution in [0.2, 0.25) is 5.02 Å². The SMILES string of the molecule is CN(C)CCCN1C(=O)C(=O)/C(=C(/O)c2ccc(Cl)cc2)[C@@H]1c1ccco1. The Labute approximate surface area is 162 Å². The molecule has 1 aromatic carbocycles. The van der Waals surface area contributed by atoms with Gasteiger partial charge in [-0.05, 0) is 63.5 Å². The number of carbonyl (C=O) groups is 2. The molecular formula is C20H21ClN2O4. The number of hydrogen-bond donors (Lipinski definition) is 1. The average Bonchev–Trinajstić information content (AvgIpc) is 3.24. The number of likely N-dealkylation sites (tertiary alicyclic amines) is 1. The maximum Gasteiger partial charge on any atom is 0.295 e. The van der Waals surface area contributed by atoms with Crippen LogP contribution < -0.4 is 0 Å². The minimum atomic E-state index is -0.752. The van der Waals surface area contributed by atoms with Gasteiger partial charge in [-0.2, -0.15) is 0 Å². The molecule has 1 aliphatic rings. The molecule has 6 nitrogen and oxygen atoms in total. The van der Waals surface area contributed by atoms with Crippen LogP contribution in [0.15, 0.2) is 52.7 Å². The lowest BCUT2D eigenvalue weighted by Gasteiger charge is -2.24. The number of aliphatic hydroxyl groups is 1. The highest BCUT2D eigenvalue weighted by Crippen LogP contribution is 2.39. The molecule has 1 aliphatic heterocycles. The molecule has 1 fully saturated rings. The van der Waals surface area contributed by atoms with Crippen LogP contribution in [0.1, 0.15) is 23.8 Å². The number of rotatable bonds is 6. The first kappa shape index (κ1) is 19.2. The highest BCUT2D eigenvalue weighted by molar-refractivity contribution is 6.46. The Hall–Kier alpha value is -2.57. The van der Waals surface area contributed by atoms with Gasteiger partial charge in [-0.1, -0.05) is 11.6 Å². The summed E-state index contributed by atoms with van der Waals surface area (Å²) in [5.41, 5.74) is 0.448. The van der Waals surface area contributed by atoms with Crippen molar-refractivity contribution in [3.8, 4) is 0 Å². The molecule has 0 aliphatic carbocycles. The Morgan fingerprint density at radius 2 is 1.93 bits per heavy atom. The third kappa shape index (κ3) is 3.91. The fourth-order valence-electron chi connectivity index (χ4n) is 3.17. The van der Waals surface area contributed by atoms with Crippen LogP contribution in [0.3, 0.4) is 0 Å². The molecule has 27 heavy (non-hydrogen) atoms. The molecule has 0 saturated carbocycles. The number of amides is 1. The van der Waals surface area contributed by atoms with Crippen LogP contribution in [0.5, 0.6) is 0 Å². The van der Waals surface area contributed by atoms with Crippen LogP contribution in [-0.4, -0.2) is 53.8 Å². The zero-order chi connectivity index (χ0) is 19.6. The monoisotopic (exact) mass is 388 g/mol. The van der Waals surface area contributed by atoms with Crippen molar-refractivity contribution >= 4 is 29.1 Å². The number of hydrogen-bond acceptors (Lipinski definition) is 5. The highest BCUT2D eigenvalue weighted by Gasteiger charge is 2.47. The first-order chi connectivity index (χ1) is 12.9. The molecule has 1 atom stereocenters. The van der Waals surface area contributed by atoms with E-state index < -0.39 is 17.7 Å². The number of aliphatic hydroxyl groups excluding tert-OH is 1. The van der Waals surface area contributed by atoms with E-state index in [9.17, 15) is 14.7 Å². The number of furan rings is 1. The quantitative estimate of drug-likeness (QED) is 0.467. The van der Waals surface area contributed by atoms with Crippen molar-refractivity contribution in [2.75, 3.05) is 27.2 Å². The number of carbonyl (C=O) groups excluding carboxylic acids is 2. The molecule has 7 heteroatoms. The van der Waals surface area contributed by atoms with Crippen LogP contribution in [0, 0.1) is 0 Å². The molecular weight excluding hydrogens is 368 g/mol. The Morgan fingerprint density at radius 1 is 1.22 bits per heavy atom. The number of benzene rings is 1. The Balaban J connectivity index is 2.03. The van der Waals surface area contributed by atoms with Gasteiger partial charge in [0.05, 0.1) is 11.8 Å². The molecule has 2 heterocycles. The number of Topliss-reactive ketones (excluding diaryl/α,β-unsaturated/α-hetero) is 1. The predicted molar refractivity (Wildman–Crippen MR) is 102 cm³/mol. The topological polar surface area (TPSA) is 74.0 Å². The van der Waals surface area contributed by atoms with Crippen molar-refractivity contribution < 1.29 is 19.1 Å². The summed E-state index contributed by atoms with van der Waals surface area (Å²) in [6.07, 6.45) is 2.18. The smallest absolute Gasteiger partial charge is 0.295 e. The summed E-state index contributed by atoms with van der Waals surface area (Å²) in [6, 6.07) is 9.09. The second kappa shape index (κ2) is 7.98. The summed E-state index contributed by atoms with van der Waals surface area (Å²) >= 11 is 5.90. The fraction of sp³-hybridized carbons (Fsp3) is 0.300. The molecule has 2 aromatic rings. The van der Waals surface area contributed by atoms with Gasteiger partial charge in [0.25, 0.3) is 11.7 Å². The largest absolute Gasteiger partial charge is 0.507 e. The Morgan fingerprint density at radius 3 is 2.52 bits per heavy atom. The van der Waals surface area contributed by atoms with Gasteiger partial charge < -0.3 is 19.3 Å². The standard InChI is InChI=1S/C20H21ClN2O4/c1-22(2)10-4-11-23-17(15-5-3-12-27-15)16(19(25)20(23)26)18(24)13-6-8-14(21)9-7-13/h3,5-9,12,17,24H,4,10-11H2,1-2H3/b18-16+/t17-/m0/s1. The first-order valence-electron chi connectivity index (χ1n) is 8.62. The van der Waals surface area contributed by atoms with Crippen molar-refractivity contribution in [1.29, 1.82) is 0 Å². The first-order valence-corrected chi connectivity index (χ1v) is 9.00. The number of halogens is 1. The van der Waals surface area contributed by atoms with Crippen LogP contribution in [0.25, 0.3) is 5.76 Å². The molecule has 0 spiro atoms. The third-order valence-corrected chi connectivity index (χ3v) is 4.73. The summed E-state index contributed by atoms with van der Waals surface area (Å²) in [6.45, 7) is 1.15. The minimum absolute atomic E-state index is 0.0297. The van der Waals surface area contributed by atoms with Gasteiger partial charge in [0.15, 0.2) is 0 Å². The minimum Gasteiger partial charge on any atom is -0.507 e. The molecule has 3 rings (SSSR count). The van der Waals surface area contributed by atoms with Crippen molar-refractivity contribution in [3.63, 3.8) is 0 Å². The summed E-state index contributed by atoms with van der Waals surface area (Å²) in [7, 11) is 3.89. The molecule has 1 amide bonds. The van der Waals surface area contributed by atoms with Gasteiger partial charge in [0.2, 0.25) is 0 Å². The molecule has 0 radical (unpaired) electrons. The lowest BCUT2D eigenvalue weighted by Crippen LogP contribution is -2.32. The van der Waals surface area contributed by atoms with E-state index >= 15 is 0 Å². The second-order valence-corrected chi connectivity index (χ2v) is 7.11. The lowest BCUT2D eigenvalue weighted by molar-refractivity contribution is -0.140.